The van der Waals surface area contributed by atoms with Crippen LogP contribution in [0.2, 0.25) is 0 Å². The van der Waals surface area contributed by atoms with Gasteiger partial charge in [0.15, 0.2) is 16.7 Å². The van der Waals surface area contributed by atoms with Crippen molar-refractivity contribution >= 4 is 34.4 Å². The molecule has 5 atom stereocenters. The largest absolute Gasteiger partial charge is 0.491 e. The molecule has 3 aromatic heterocycles. The van der Waals surface area contributed by atoms with Crippen LogP contribution in [-0.4, -0.2) is 66.0 Å². The highest BCUT2D eigenvalue weighted by Crippen LogP contribution is 2.42. The van der Waals surface area contributed by atoms with Crippen LogP contribution in [0.4, 0.5) is 11.8 Å². The number of pyridine rings is 1. The Balaban J connectivity index is 1.000. The number of anilines is 2. The van der Waals surface area contributed by atoms with Crippen molar-refractivity contribution in [3.8, 4) is 23.3 Å². The highest BCUT2D eigenvalue weighted by molar-refractivity contribution is 7.79. The lowest BCUT2D eigenvalue weighted by molar-refractivity contribution is -0.116. The molecule has 14 heteroatoms. The molecule has 2 aliphatic rings. The van der Waals surface area contributed by atoms with Crippen LogP contribution in [0.3, 0.4) is 0 Å². The number of carbonyl (C=O) groups is 1. The molecule has 2 unspecified atom stereocenters. The predicted octanol–water partition coefficient (Wildman–Crippen LogP) is 7.98. The van der Waals surface area contributed by atoms with Crippen LogP contribution >= 0.6 is 0 Å². The number of benzene rings is 2. The van der Waals surface area contributed by atoms with Crippen LogP contribution < -0.4 is 19.7 Å². The van der Waals surface area contributed by atoms with E-state index >= 15 is 0 Å². The van der Waals surface area contributed by atoms with E-state index in [4.69, 9.17) is 18.8 Å². The zero-order valence-electron chi connectivity index (χ0n) is 33.4. The molecule has 13 nitrogen and oxygen atoms in total. The summed E-state index contributed by atoms with van der Waals surface area (Å²) in [5.74, 6) is 2.87. The molecule has 0 bridgehead atoms. The maximum absolute atomic E-state index is 13.5. The summed E-state index contributed by atoms with van der Waals surface area (Å²) >= 11 is -1.37. The average Bonchev–Trinajstić information content (AvgIpc) is 3.82. The normalized spacial score (nSPS) is 20.1. The maximum Gasteiger partial charge on any atom is 0.232 e. The van der Waals surface area contributed by atoms with Gasteiger partial charge in [-0.3, -0.25) is 13.4 Å². The third-order valence-electron chi connectivity index (χ3n) is 11.1. The summed E-state index contributed by atoms with van der Waals surface area (Å²) < 4.78 is 32.5. The first-order valence-corrected chi connectivity index (χ1v) is 21.4. The van der Waals surface area contributed by atoms with E-state index in [9.17, 15) is 14.3 Å². The average molecular weight is 793 g/mol. The number of ether oxygens (including phenoxy) is 2. The number of nitrogens with one attached hydrogen (secondary N) is 1. The minimum atomic E-state index is -1.37. The summed E-state index contributed by atoms with van der Waals surface area (Å²) in [5, 5.41) is 26.7. The third kappa shape index (κ3) is 9.16. The molecule has 0 spiro atoms. The predicted molar refractivity (Wildman–Crippen MR) is 220 cm³/mol. The molecular formula is C43H52N8O5S. The van der Waals surface area contributed by atoms with Gasteiger partial charge in [0, 0.05) is 36.9 Å². The van der Waals surface area contributed by atoms with Crippen LogP contribution in [0.1, 0.15) is 108 Å². The minimum Gasteiger partial charge on any atom is -0.491 e. The number of hydrogen-bond acceptors (Lipinski definition) is 10. The van der Waals surface area contributed by atoms with E-state index in [1.165, 1.54) is 23.8 Å². The number of carbonyl (C=O) groups excluding carboxylic acids is 1. The Kier molecular flexibility index (Phi) is 12.3. The number of fused-ring (bicyclic) bond motifs is 2. The molecule has 1 amide bonds. The first kappa shape index (κ1) is 40.0. The fourth-order valence-corrected chi connectivity index (χ4v) is 8.41. The number of hydrogen-bond donors (Lipinski definition) is 1. The standard InChI is InChI=1S/C43H52N8O5S/c1-29-11-8-12-30(2)50(29)42-47-46-39-22-20-34(27-49(39)42)56-37-21-19-31(35-16-6-7-17-36(35)37)13-9-18-41(52)45-40-26-38(43(3,4)28-44)48-51(40)32-14-10-15-33(25-32)54-23-24-55-57(5)53/h6-7,10,14-17,20,22,25-27,29-31,37H,8-9,11-13,18-19,21,23-24H2,1-5H3,(H,45,52)/t29-,30+,31?,37-,57?/m1/s1. The third-order valence-corrected chi connectivity index (χ3v) is 11.6. The number of piperidine rings is 1. The van der Waals surface area contributed by atoms with Gasteiger partial charge in [0.1, 0.15) is 30.0 Å². The van der Waals surface area contributed by atoms with Crippen molar-refractivity contribution in [2.75, 3.05) is 29.7 Å². The van der Waals surface area contributed by atoms with Gasteiger partial charge in [-0.1, -0.05) is 30.3 Å². The molecule has 7 rings (SSSR count). The van der Waals surface area contributed by atoms with Crippen molar-refractivity contribution in [3.05, 3.63) is 89.7 Å². The van der Waals surface area contributed by atoms with Crippen LogP contribution in [0, 0.1) is 11.3 Å². The van der Waals surface area contributed by atoms with Crippen molar-refractivity contribution in [3.63, 3.8) is 0 Å². The fourth-order valence-electron chi connectivity index (χ4n) is 8.11. The zero-order chi connectivity index (χ0) is 40.1. The molecule has 1 aliphatic heterocycles. The van der Waals surface area contributed by atoms with Gasteiger partial charge in [0.2, 0.25) is 11.9 Å². The maximum atomic E-state index is 13.5. The van der Waals surface area contributed by atoms with Gasteiger partial charge in [-0.2, -0.15) is 10.4 Å². The second kappa shape index (κ2) is 17.5. The molecule has 4 heterocycles. The van der Waals surface area contributed by atoms with Gasteiger partial charge in [-0.15, -0.1) is 10.2 Å². The number of aromatic nitrogens is 5. The summed E-state index contributed by atoms with van der Waals surface area (Å²) in [6, 6.07) is 24.6. The second-order valence-electron chi connectivity index (χ2n) is 15.7. The fraction of sp³-hybridized carbons (Fsp3) is 0.465. The van der Waals surface area contributed by atoms with Gasteiger partial charge < -0.3 is 19.7 Å². The van der Waals surface area contributed by atoms with Gasteiger partial charge >= 0.3 is 0 Å². The lowest BCUT2D eigenvalue weighted by Crippen LogP contribution is -2.44. The Morgan fingerprint density at radius 3 is 2.53 bits per heavy atom. The van der Waals surface area contributed by atoms with Crippen LogP contribution in [0.15, 0.2) is 72.9 Å². The van der Waals surface area contributed by atoms with Crippen molar-refractivity contribution in [2.45, 2.75) is 109 Å². The Bertz CT molecular complexity index is 2250. The summed E-state index contributed by atoms with van der Waals surface area (Å²) in [6.45, 7) is 8.51. The van der Waals surface area contributed by atoms with E-state index in [-0.39, 0.29) is 25.2 Å². The van der Waals surface area contributed by atoms with Gasteiger partial charge in [0.25, 0.3) is 0 Å². The Morgan fingerprint density at radius 2 is 1.75 bits per heavy atom. The summed E-state index contributed by atoms with van der Waals surface area (Å²) in [5.41, 5.74) is 3.59. The van der Waals surface area contributed by atoms with Crippen molar-refractivity contribution in [1.82, 2.24) is 24.4 Å². The molecule has 300 valence electrons. The first-order chi connectivity index (χ1) is 27.5. The Labute approximate surface area is 337 Å². The number of nitriles is 1. The van der Waals surface area contributed by atoms with Gasteiger partial charge in [-0.05, 0) is 114 Å². The molecule has 2 aromatic carbocycles. The summed E-state index contributed by atoms with van der Waals surface area (Å²) in [7, 11) is 0. The van der Waals surface area contributed by atoms with E-state index in [1.807, 2.05) is 30.5 Å². The van der Waals surface area contributed by atoms with Gasteiger partial charge in [0.05, 0.1) is 35.7 Å². The SMILES string of the molecule is C[C@@H]1CCC[C@H](C)N1c1nnc2ccc(O[C@@H]3CCC(CCCC(=O)Nc4cc(C(C)(C)C#N)nn4-c4cccc(OCCOS(C)=O)c4)c4ccccc43)cn12. The minimum absolute atomic E-state index is 0.0859. The smallest absolute Gasteiger partial charge is 0.232 e. The zero-order valence-corrected chi connectivity index (χ0v) is 34.2. The summed E-state index contributed by atoms with van der Waals surface area (Å²) in [4.78, 5) is 15.9. The Morgan fingerprint density at radius 1 is 0.965 bits per heavy atom. The van der Waals surface area contributed by atoms with Crippen LogP contribution in [0.25, 0.3) is 11.3 Å². The van der Waals surface area contributed by atoms with Gasteiger partial charge in [-0.25, -0.2) is 8.89 Å². The monoisotopic (exact) mass is 792 g/mol. The summed E-state index contributed by atoms with van der Waals surface area (Å²) in [6.07, 6.45) is 10.6. The number of rotatable bonds is 15. The highest BCUT2D eigenvalue weighted by Gasteiger charge is 2.31. The molecule has 1 N–H and O–H groups in total. The Hall–Kier alpha value is -5.26. The molecule has 0 saturated carbocycles. The molecule has 57 heavy (non-hydrogen) atoms. The van der Waals surface area contributed by atoms with E-state index in [0.717, 1.165) is 49.4 Å². The van der Waals surface area contributed by atoms with E-state index in [0.29, 0.717) is 53.8 Å². The molecule has 5 aromatic rings. The second-order valence-corrected chi connectivity index (χ2v) is 16.8. The van der Waals surface area contributed by atoms with Crippen molar-refractivity contribution < 1.29 is 22.7 Å². The van der Waals surface area contributed by atoms with Crippen molar-refractivity contribution in [1.29, 1.82) is 5.26 Å². The molecule has 1 fully saturated rings. The topological polar surface area (TPSA) is 149 Å². The molecule has 1 aliphatic carbocycles. The van der Waals surface area contributed by atoms with E-state index < -0.39 is 16.5 Å². The van der Waals surface area contributed by atoms with E-state index in [2.05, 4.69) is 69.0 Å². The molecule has 0 radical (unpaired) electrons. The van der Waals surface area contributed by atoms with E-state index in [1.54, 1.807) is 36.7 Å². The lowest BCUT2D eigenvalue weighted by Gasteiger charge is -2.39. The quantitative estimate of drug-likeness (QED) is 0.103. The van der Waals surface area contributed by atoms with Crippen LogP contribution in [-0.2, 0) is 25.5 Å². The molecular weight excluding hydrogens is 741 g/mol. The van der Waals surface area contributed by atoms with Crippen molar-refractivity contribution in [2.24, 2.45) is 0 Å². The number of nitrogens with zero attached hydrogens (tertiary/aromatic N) is 7. The number of amides is 1. The molecule has 1 saturated heterocycles. The lowest BCUT2D eigenvalue weighted by atomic mass is 9.79. The highest BCUT2D eigenvalue weighted by atomic mass is 32.2. The van der Waals surface area contributed by atoms with Crippen LogP contribution in [0.5, 0.6) is 11.5 Å². The first-order valence-electron chi connectivity index (χ1n) is 19.9.